The lowest BCUT2D eigenvalue weighted by molar-refractivity contribution is 1.11. The van der Waals surface area contributed by atoms with Crippen molar-refractivity contribution >= 4 is 34.4 Å². The number of hydrogen-bond donors (Lipinski definition) is 0. The molecule has 1 aromatic rings. The molecular weight excluding hydrogens is 257 g/mol. The Morgan fingerprint density at radius 2 is 2.40 bits per heavy atom. The molecule has 0 spiro atoms. The Bertz CT molecular complexity index is 174. The van der Waals surface area contributed by atoms with Gasteiger partial charge >= 0.3 is 0 Å². The van der Waals surface area contributed by atoms with Crippen LogP contribution in [-0.2, 0) is 4.43 Å². The van der Waals surface area contributed by atoms with Gasteiger partial charge in [0.15, 0.2) is 0 Å². The number of nitrogens with zero attached hydrogens (tertiary/aromatic N) is 1. The van der Waals surface area contributed by atoms with Crippen molar-refractivity contribution in [3.63, 3.8) is 0 Å². The molecule has 0 atom stereocenters. The third kappa shape index (κ3) is 2.12. The topological polar surface area (TPSA) is 12.9 Å². The van der Waals surface area contributed by atoms with Crippen molar-refractivity contribution in [2.45, 2.75) is 9.45 Å². The molecule has 0 unspecified atom stereocenters. The van der Waals surface area contributed by atoms with Gasteiger partial charge in [0.05, 0.1) is 5.03 Å². The summed E-state index contributed by atoms with van der Waals surface area (Å²) in [5.41, 5.74) is 1.29. The van der Waals surface area contributed by atoms with Crippen LogP contribution in [0.5, 0.6) is 0 Å². The maximum Gasteiger partial charge on any atom is 0.0957 e. The van der Waals surface area contributed by atoms with Crippen LogP contribution in [0.4, 0.5) is 0 Å². The highest BCUT2D eigenvalue weighted by atomic mass is 127. The fourth-order valence-corrected chi connectivity index (χ4v) is 1.42. The lowest BCUT2D eigenvalue weighted by atomic mass is 10.3. The zero-order valence-electron chi connectivity index (χ0n) is 5.67. The summed E-state index contributed by atoms with van der Waals surface area (Å²) in [6.07, 6.45) is 3.96. The van der Waals surface area contributed by atoms with E-state index in [0.29, 0.717) is 0 Å². The number of hydrogen-bond acceptors (Lipinski definition) is 2. The van der Waals surface area contributed by atoms with E-state index in [1.165, 1.54) is 5.56 Å². The fraction of sp³-hybridized carbons (Fsp3) is 0.286. The molecule has 0 amide bonds. The van der Waals surface area contributed by atoms with E-state index in [1.807, 2.05) is 12.5 Å². The van der Waals surface area contributed by atoms with Gasteiger partial charge in [0, 0.05) is 10.6 Å². The summed E-state index contributed by atoms with van der Waals surface area (Å²) in [4.78, 5) is 4.23. The highest BCUT2D eigenvalue weighted by Gasteiger charge is 1.90. The first-order valence-corrected chi connectivity index (χ1v) is 5.66. The minimum absolute atomic E-state index is 1.04. The lowest BCUT2D eigenvalue weighted by Crippen LogP contribution is -1.81. The first-order chi connectivity index (χ1) is 4.86. The van der Waals surface area contributed by atoms with Crippen molar-refractivity contribution < 1.29 is 0 Å². The average Bonchev–Trinajstić information content (AvgIpc) is 2.05. The molecule has 0 aliphatic rings. The van der Waals surface area contributed by atoms with Gasteiger partial charge in [-0.2, -0.15) is 0 Å². The van der Waals surface area contributed by atoms with Crippen molar-refractivity contribution in [3.05, 3.63) is 23.9 Å². The Morgan fingerprint density at radius 3 is 2.80 bits per heavy atom. The number of rotatable bonds is 2. The van der Waals surface area contributed by atoms with Crippen LogP contribution in [0.1, 0.15) is 5.56 Å². The Hall–Kier alpha value is 0.230. The fourth-order valence-electron chi connectivity index (χ4n) is 0.611. The Labute approximate surface area is 78.8 Å². The summed E-state index contributed by atoms with van der Waals surface area (Å²) in [7, 11) is 0. The SMILES string of the molecule is CSc1ccc(CI)cn1. The zero-order valence-corrected chi connectivity index (χ0v) is 8.65. The quantitative estimate of drug-likeness (QED) is 0.463. The second kappa shape index (κ2) is 4.18. The molecule has 3 heteroatoms. The minimum atomic E-state index is 1.04. The Balaban J connectivity index is 2.80. The zero-order chi connectivity index (χ0) is 7.40. The molecule has 1 heterocycles. The van der Waals surface area contributed by atoms with Crippen molar-refractivity contribution in [1.82, 2.24) is 4.98 Å². The van der Waals surface area contributed by atoms with Crippen LogP contribution in [0, 0.1) is 0 Å². The third-order valence-electron chi connectivity index (χ3n) is 1.16. The number of aromatic nitrogens is 1. The van der Waals surface area contributed by atoms with Gasteiger partial charge in [-0.3, -0.25) is 0 Å². The molecule has 0 radical (unpaired) electrons. The Morgan fingerprint density at radius 1 is 1.60 bits per heavy atom. The molecule has 10 heavy (non-hydrogen) atoms. The number of halogens is 1. The van der Waals surface area contributed by atoms with E-state index in [9.17, 15) is 0 Å². The van der Waals surface area contributed by atoms with Gasteiger partial charge in [0.25, 0.3) is 0 Å². The molecule has 0 aliphatic heterocycles. The van der Waals surface area contributed by atoms with Gasteiger partial charge in [0.1, 0.15) is 0 Å². The molecule has 1 aromatic heterocycles. The monoisotopic (exact) mass is 265 g/mol. The van der Waals surface area contributed by atoms with Crippen LogP contribution in [0.15, 0.2) is 23.4 Å². The lowest BCUT2D eigenvalue weighted by Gasteiger charge is -1.95. The molecule has 0 saturated heterocycles. The van der Waals surface area contributed by atoms with Crippen LogP contribution < -0.4 is 0 Å². The van der Waals surface area contributed by atoms with Gasteiger partial charge in [-0.15, -0.1) is 11.8 Å². The van der Waals surface area contributed by atoms with Crippen LogP contribution >= 0.6 is 34.4 Å². The van der Waals surface area contributed by atoms with E-state index in [4.69, 9.17) is 0 Å². The summed E-state index contributed by atoms with van der Waals surface area (Å²) in [5, 5.41) is 1.09. The normalized spacial score (nSPS) is 9.80. The molecule has 0 N–H and O–H groups in total. The molecule has 0 aliphatic carbocycles. The number of pyridine rings is 1. The molecule has 1 rings (SSSR count). The molecule has 0 bridgehead atoms. The minimum Gasteiger partial charge on any atom is -0.250 e. The molecule has 54 valence electrons. The molecule has 0 fully saturated rings. The van der Waals surface area contributed by atoms with Gasteiger partial charge in [-0.1, -0.05) is 28.7 Å². The second-order valence-electron chi connectivity index (χ2n) is 1.84. The van der Waals surface area contributed by atoms with Crippen molar-refractivity contribution in [2.75, 3.05) is 6.26 Å². The van der Waals surface area contributed by atoms with E-state index < -0.39 is 0 Å². The van der Waals surface area contributed by atoms with Gasteiger partial charge in [-0.05, 0) is 17.9 Å². The van der Waals surface area contributed by atoms with Gasteiger partial charge in [0.2, 0.25) is 0 Å². The second-order valence-corrected chi connectivity index (χ2v) is 3.43. The summed E-state index contributed by atoms with van der Waals surface area (Å²) >= 11 is 4.00. The van der Waals surface area contributed by atoms with Crippen molar-refractivity contribution in [1.29, 1.82) is 0 Å². The maximum absolute atomic E-state index is 4.23. The molecule has 1 nitrogen and oxygen atoms in total. The van der Waals surface area contributed by atoms with Crippen LogP contribution in [0.3, 0.4) is 0 Å². The standard InChI is InChI=1S/C7H8INS/c1-10-7-3-2-6(4-8)5-9-7/h2-3,5H,4H2,1H3. The molecule has 0 saturated carbocycles. The summed E-state index contributed by atoms with van der Waals surface area (Å²) in [6.45, 7) is 0. The highest BCUT2D eigenvalue weighted by molar-refractivity contribution is 14.1. The van der Waals surface area contributed by atoms with Gasteiger partial charge < -0.3 is 0 Å². The van der Waals surface area contributed by atoms with Crippen molar-refractivity contribution in [2.24, 2.45) is 0 Å². The molecule has 0 aromatic carbocycles. The predicted molar refractivity (Wildman–Crippen MR) is 53.7 cm³/mol. The predicted octanol–water partition coefficient (Wildman–Crippen LogP) is 2.74. The highest BCUT2D eigenvalue weighted by Crippen LogP contribution is 2.12. The largest absolute Gasteiger partial charge is 0.250 e. The van der Waals surface area contributed by atoms with Crippen LogP contribution in [-0.4, -0.2) is 11.2 Å². The van der Waals surface area contributed by atoms with E-state index in [-0.39, 0.29) is 0 Å². The van der Waals surface area contributed by atoms with Crippen LogP contribution in [0.25, 0.3) is 0 Å². The van der Waals surface area contributed by atoms with Gasteiger partial charge in [-0.25, -0.2) is 4.98 Å². The summed E-state index contributed by atoms with van der Waals surface area (Å²) in [5.74, 6) is 0. The average molecular weight is 265 g/mol. The first kappa shape index (κ1) is 8.33. The van der Waals surface area contributed by atoms with E-state index in [2.05, 4.69) is 39.7 Å². The van der Waals surface area contributed by atoms with E-state index in [1.54, 1.807) is 11.8 Å². The van der Waals surface area contributed by atoms with E-state index >= 15 is 0 Å². The van der Waals surface area contributed by atoms with E-state index in [0.717, 1.165) is 9.45 Å². The number of alkyl halides is 1. The number of thioether (sulfide) groups is 1. The van der Waals surface area contributed by atoms with Crippen molar-refractivity contribution in [3.8, 4) is 0 Å². The van der Waals surface area contributed by atoms with Crippen LogP contribution in [0.2, 0.25) is 0 Å². The summed E-state index contributed by atoms with van der Waals surface area (Å²) < 4.78 is 1.04. The smallest absolute Gasteiger partial charge is 0.0957 e. The summed E-state index contributed by atoms with van der Waals surface area (Å²) in [6, 6.07) is 4.17. The third-order valence-corrected chi connectivity index (χ3v) is 2.70. The molecular formula is C7H8INS. The first-order valence-electron chi connectivity index (χ1n) is 2.91. The maximum atomic E-state index is 4.23. The Kier molecular flexibility index (Phi) is 3.48.